The van der Waals surface area contributed by atoms with Gasteiger partial charge in [0.2, 0.25) is 0 Å². The number of nitrogens with zero attached hydrogens (tertiary/aromatic N) is 1. The first-order valence-electron chi connectivity index (χ1n) is 7.50. The SMILES string of the molecule is CC(C)(C)NC(=O)NC(=O)COC(=O)c1cc(Cl)nc2ccccc12. The largest absolute Gasteiger partial charge is 0.452 e. The number of urea groups is 1. The van der Waals surface area contributed by atoms with E-state index >= 15 is 0 Å². The number of esters is 1. The summed E-state index contributed by atoms with van der Waals surface area (Å²) in [6.07, 6.45) is 0. The molecule has 8 heteroatoms. The van der Waals surface area contributed by atoms with E-state index in [9.17, 15) is 14.4 Å². The third-order valence-electron chi connectivity index (χ3n) is 2.98. The number of hydrogen-bond donors (Lipinski definition) is 2. The van der Waals surface area contributed by atoms with Gasteiger partial charge < -0.3 is 10.1 Å². The van der Waals surface area contributed by atoms with E-state index in [4.69, 9.17) is 16.3 Å². The second kappa shape index (κ2) is 7.48. The number of imide groups is 1. The summed E-state index contributed by atoms with van der Waals surface area (Å²) >= 11 is 5.91. The van der Waals surface area contributed by atoms with Crippen LogP contribution in [-0.2, 0) is 9.53 Å². The van der Waals surface area contributed by atoms with Gasteiger partial charge in [0.05, 0.1) is 11.1 Å². The summed E-state index contributed by atoms with van der Waals surface area (Å²) in [5, 5.41) is 5.35. The van der Waals surface area contributed by atoms with Crippen LogP contribution < -0.4 is 10.6 Å². The van der Waals surface area contributed by atoms with Gasteiger partial charge in [-0.3, -0.25) is 10.1 Å². The maximum atomic E-state index is 12.2. The molecule has 7 nitrogen and oxygen atoms in total. The van der Waals surface area contributed by atoms with E-state index in [2.05, 4.69) is 15.6 Å². The fourth-order valence-electron chi connectivity index (χ4n) is 2.06. The minimum absolute atomic E-state index is 0.139. The number of ether oxygens (including phenoxy) is 1. The predicted octanol–water partition coefficient (Wildman–Crippen LogP) is 2.67. The highest BCUT2D eigenvalue weighted by Crippen LogP contribution is 2.21. The van der Waals surface area contributed by atoms with Crippen LogP contribution in [0.25, 0.3) is 10.9 Å². The molecule has 0 fully saturated rings. The lowest BCUT2D eigenvalue weighted by molar-refractivity contribution is -0.123. The number of halogens is 1. The monoisotopic (exact) mass is 363 g/mol. The minimum atomic E-state index is -0.737. The minimum Gasteiger partial charge on any atom is -0.452 e. The average molecular weight is 364 g/mol. The number of hydrogen-bond acceptors (Lipinski definition) is 5. The lowest BCUT2D eigenvalue weighted by Crippen LogP contribution is -2.49. The molecular weight excluding hydrogens is 346 g/mol. The van der Waals surface area contributed by atoms with E-state index in [1.54, 1.807) is 45.0 Å². The molecule has 2 rings (SSSR count). The topological polar surface area (TPSA) is 97.4 Å². The summed E-state index contributed by atoms with van der Waals surface area (Å²) in [6, 6.07) is 7.63. The molecule has 0 spiro atoms. The van der Waals surface area contributed by atoms with Gasteiger partial charge in [0.25, 0.3) is 5.91 Å². The van der Waals surface area contributed by atoms with Crippen LogP contribution >= 0.6 is 11.6 Å². The van der Waals surface area contributed by atoms with Crippen LogP contribution in [0, 0.1) is 0 Å². The highest BCUT2D eigenvalue weighted by atomic mass is 35.5. The lowest BCUT2D eigenvalue weighted by Gasteiger charge is -2.20. The van der Waals surface area contributed by atoms with E-state index in [1.807, 2.05) is 0 Å². The molecule has 0 unspecified atom stereocenters. The third kappa shape index (κ3) is 5.42. The number of fused-ring (bicyclic) bond motifs is 1. The molecule has 0 aliphatic heterocycles. The fraction of sp³-hybridized carbons (Fsp3) is 0.294. The molecule has 1 aromatic carbocycles. The molecule has 25 heavy (non-hydrogen) atoms. The second-order valence-corrected chi connectivity index (χ2v) is 6.73. The Kier molecular flexibility index (Phi) is 5.58. The molecule has 0 aliphatic rings. The number of pyridine rings is 1. The van der Waals surface area contributed by atoms with Crippen molar-refractivity contribution in [2.75, 3.05) is 6.61 Å². The van der Waals surface area contributed by atoms with Gasteiger partial charge in [0, 0.05) is 10.9 Å². The van der Waals surface area contributed by atoms with Gasteiger partial charge in [-0.2, -0.15) is 0 Å². The van der Waals surface area contributed by atoms with Crippen LogP contribution in [0.3, 0.4) is 0 Å². The molecule has 0 saturated heterocycles. The number of carbonyl (C=O) groups is 3. The Morgan fingerprint density at radius 2 is 1.88 bits per heavy atom. The van der Waals surface area contributed by atoms with Gasteiger partial charge in [0.1, 0.15) is 5.15 Å². The van der Waals surface area contributed by atoms with E-state index in [1.165, 1.54) is 6.07 Å². The zero-order valence-electron chi connectivity index (χ0n) is 14.1. The molecule has 2 N–H and O–H groups in total. The van der Waals surface area contributed by atoms with Crippen molar-refractivity contribution < 1.29 is 19.1 Å². The lowest BCUT2D eigenvalue weighted by atomic mass is 10.1. The second-order valence-electron chi connectivity index (χ2n) is 6.34. The molecule has 0 saturated carbocycles. The number of carbonyl (C=O) groups excluding carboxylic acids is 3. The number of aromatic nitrogens is 1. The standard InChI is InChI=1S/C17H18ClN3O4/c1-17(2,3)21-16(24)20-14(22)9-25-15(23)11-8-13(18)19-12-7-5-4-6-10(11)12/h4-8H,9H2,1-3H3,(H2,20,21,22,24). The maximum Gasteiger partial charge on any atom is 0.339 e. The Balaban J connectivity index is 2.01. The molecule has 0 radical (unpaired) electrons. The van der Waals surface area contributed by atoms with Crippen molar-refractivity contribution in [1.29, 1.82) is 0 Å². The molecule has 0 bridgehead atoms. The van der Waals surface area contributed by atoms with Crippen LogP contribution in [0.2, 0.25) is 5.15 Å². The number of rotatable bonds is 3. The van der Waals surface area contributed by atoms with Crippen molar-refractivity contribution in [1.82, 2.24) is 15.6 Å². The van der Waals surface area contributed by atoms with Gasteiger partial charge in [0.15, 0.2) is 6.61 Å². The fourth-order valence-corrected chi connectivity index (χ4v) is 2.26. The zero-order valence-corrected chi connectivity index (χ0v) is 14.8. The first-order chi connectivity index (χ1) is 11.7. The van der Waals surface area contributed by atoms with Crippen LogP contribution in [0.15, 0.2) is 30.3 Å². The Labute approximate surface area is 149 Å². The summed E-state index contributed by atoms with van der Waals surface area (Å²) in [7, 11) is 0. The smallest absolute Gasteiger partial charge is 0.339 e. The summed E-state index contributed by atoms with van der Waals surface area (Å²) in [4.78, 5) is 39.7. The Hall–Kier alpha value is -2.67. The summed E-state index contributed by atoms with van der Waals surface area (Å²) in [6.45, 7) is 4.73. The predicted molar refractivity (Wildman–Crippen MR) is 93.5 cm³/mol. The molecule has 3 amide bonds. The van der Waals surface area contributed by atoms with Crippen LogP contribution in [-0.4, -0.2) is 35.0 Å². The Bertz CT molecular complexity index is 830. The van der Waals surface area contributed by atoms with Gasteiger partial charge in [-0.15, -0.1) is 0 Å². The van der Waals surface area contributed by atoms with Crippen molar-refractivity contribution in [3.63, 3.8) is 0 Å². The van der Waals surface area contributed by atoms with E-state index < -0.39 is 30.1 Å². The number of para-hydroxylation sites is 1. The molecule has 0 aliphatic carbocycles. The third-order valence-corrected chi connectivity index (χ3v) is 3.17. The summed E-state index contributed by atoms with van der Waals surface area (Å²) < 4.78 is 4.97. The van der Waals surface area contributed by atoms with Crippen LogP contribution in [0.5, 0.6) is 0 Å². The van der Waals surface area contributed by atoms with Crippen LogP contribution in [0.4, 0.5) is 4.79 Å². The zero-order chi connectivity index (χ0) is 18.6. The molecule has 1 aromatic heterocycles. The van der Waals surface area contributed by atoms with Crippen molar-refractivity contribution >= 4 is 40.4 Å². The number of nitrogens with one attached hydrogen (secondary N) is 2. The molecular formula is C17H18ClN3O4. The molecule has 132 valence electrons. The first-order valence-corrected chi connectivity index (χ1v) is 7.88. The highest BCUT2D eigenvalue weighted by molar-refractivity contribution is 6.30. The normalized spacial score (nSPS) is 11.0. The van der Waals surface area contributed by atoms with E-state index in [-0.39, 0.29) is 10.7 Å². The number of amides is 3. The number of benzene rings is 1. The van der Waals surface area contributed by atoms with E-state index in [0.29, 0.717) is 10.9 Å². The van der Waals surface area contributed by atoms with Crippen molar-refractivity contribution in [2.45, 2.75) is 26.3 Å². The van der Waals surface area contributed by atoms with Crippen LogP contribution in [0.1, 0.15) is 31.1 Å². The van der Waals surface area contributed by atoms with Crippen molar-refractivity contribution in [2.24, 2.45) is 0 Å². The Morgan fingerprint density at radius 1 is 1.20 bits per heavy atom. The Morgan fingerprint density at radius 3 is 2.56 bits per heavy atom. The van der Waals surface area contributed by atoms with E-state index in [0.717, 1.165) is 0 Å². The van der Waals surface area contributed by atoms with Gasteiger partial charge in [-0.05, 0) is 32.9 Å². The quantitative estimate of drug-likeness (QED) is 0.645. The van der Waals surface area contributed by atoms with Gasteiger partial charge >= 0.3 is 12.0 Å². The molecule has 0 atom stereocenters. The molecule has 2 aromatic rings. The maximum absolute atomic E-state index is 12.2. The average Bonchev–Trinajstić information content (AvgIpc) is 2.49. The van der Waals surface area contributed by atoms with Crippen molar-refractivity contribution in [3.8, 4) is 0 Å². The summed E-state index contributed by atoms with van der Waals surface area (Å²) in [5.41, 5.74) is 0.242. The first kappa shape index (κ1) is 18.7. The molecule has 1 heterocycles. The van der Waals surface area contributed by atoms with Gasteiger partial charge in [-0.1, -0.05) is 29.8 Å². The van der Waals surface area contributed by atoms with Crippen molar-refractivity contribution in [3.05, 3.63) is 41.0 Å². The summed E-state index contributed by atoms with van der Waals surface area (Å²) in [5.74, 6) is -1.47. The highest BCUT2D eigenvalue weighted by Gasteiger charge is 2.18. The van der Waals surface area contributed by atoms with Gasteiger partial charge in [-0.25, -0.2) is 14.6 Å².